The Balaban J connectivity index is 1.64. The molecule has 0 bridgehead atoms. The van der Waals surface area contributed by atoms with Crippen LogP contribution in [0.15, 0.2) is 35.4 Å². The molecule has 4 nitrogen and oxygen atoms in total. The van der Waals surface area contributed by atoms with Gasteiger partial charge in [0.05, 0.1) is 10.6 Å². The second-order valence-electron chi connectivity index (χ2n) is 5.71. The number of hydrogen-bond donors (Lipinski definition) is 1. The summed E-state index contributed by atoms with van der Waals surface area (Å²) in [5.74, 6) is 0.565. The molecular formula is C17H18N4S2. The summed E-state index contributed by atoms with van der Waals surface area (Å²) >= 11 is 3.45. The van der Waals surface area contributed by atoms with Crippen LogP contribution < -0.4 is 5.73 Å². The smallest absolute Gasteiger partial charge is 0.152 e. The summed E-state index contributed by atoms with van der Waals surface area (Å²) < 4.78 is 0. The second-order valence-corrected chi connectivity index (χ2v) is 7.61. The topological polar surface area (TPSA) is 55.0 Å². The molecule has 0 amide bonds. The third kappa shape index (κ3) is 2.82. The van der Waals surface area contributed by atoms with E-state index < -0.39 is 0 Å². The van der Waals surface area contributed by atoms with Crippen molar-refractivity contribution in [2.24, 2.45) is 0 Å². The molecule has 0 spiro atoms. The van der Waals surface area contributed by atoms with Crippen LogP contribution in [0.25, 0.3) is 10.6 Å². The van der Waals surface area contributed by atoms with Crippen LogP contribution in [0.5, 0.6) is 0 Å². The van der Waals surface area contributed by atoms with Gasteiger partial charge in [-0.2, -0.15) is 0 Å². The molecule has 6 heteroatoms. The lowest BCUT2D eigenvalue weighted by molar-refractivity contribution is 0.246. The summed E-state index contributed by atoms with van der Waals surface area (Å²) in [6, 6.07) is 10.6. The molecule has 0 atom stereocenters. The van der Waals surface area contributed by atoms with E-state index in [0.29, 0.717) is 5.82 Å². The van der Waals surface area contributed by atoms with Gasteiger partial charge in [-0.1, -0.05) is 30.3 Å². The Morgan fingerprint density at radius 2 is 2.09 bits per heavy atom. The van der Waals surface area contributed by atoms with E-state index in [1.165, 1.54) is 16.1 Å². The average molecular weight is 342 g/mol. The maximum atomic E-state index is 6.02. The van der Waals surface area contributed by atoms with E-state index in [1.807, 2.05) is 17.6 Å². The third-order valence-electron chi connectivity index (χ3n) is 4.14. The molecule has 4 rings (SSSR count). The summed E-state index contributed by atoms with van der Waals surface area (Å²) in [5.41, 5.74) is 9.46. The molecule has 0 unspecified atom stereocenters. The molecule has 0 radical (unpaired) electrons. The lowest BCUT2D eigenvalue weighted by atomic mass is 10.1. The first-order valence-electron chi connectivity index (χ1n) is 7.62. The van der Waals surface area contributed by atoms with Gasteiger partial charge < -0.3 is 5.73 Å². The molecule has 1 aromatic carbocycles. The Morgan fingerprint density at radius 1 is 1.26 bits per heavy atom. The first-order valence-corrected chi connectivity index (χ1v) is 9.66. The fraction of sp³-hybridized carbons (Fsp3) is 0.294. The SMILES string of the molecule is CSc1nc(N)c2nc3c(sc1-2)CN(Cc1ccccc1)CC3. The molecule has 0 fully saturated rings. The monoisotopic (exact) mass is 342 g/mol. The number of thioether (sulfide) groups is 1. The Kier molecular flexibility index (Phi) is 3.97. The van der Waals surface area contributed by atoms with Crippen LogP contribution in [0, 0.1) is 0 Å². The third-order valence-corrected chi connectivity index (χ3v) is 6.16. The molecule has 3 aliphatic heterocycles. The van der Waals surface area contributed by atoms with E-state index in [4.69, 9.17) is 10.7 Å². The van der Waals surface area contributed by atoms with Gasteiger partial charge in [0.1, 0.15) is 10.7 Å². The standard InChI is InChI=1S/C17H18N4S2/c1-22-17-15-14(16(18)20-17)19-12-7-8-21(10-13(12)23-15)9-11-5-3-2-4-6-11/h2-6H,7-10H2,1H3,(H2,18,20). The Bertz CT molecular complexity index is 800. The van der Waals surface area contributed by atoms with Crippen LogP contribution in [0.4, 0.5) is 5.82 Å². The number of rotatable bonds is 3. The number of anilines is 1. The molecule has 118 valence electrons. The van der Waals surface area contributed by atoms with Crippen LogP contribution in [0.1, 0.15) is 16.1 Å². The summed E-state index contributed by atoms with van der Waals surface area (Å²) in [7, 11) is 0. The second kappa shape index (κ2) is 6.11. The highest BCUT2D eigenvalue weighted by atomic mass is 32.2. The molecule has 0 saturated heterocycles. The van der Waals surface area contributed by atoms with Crippen molar-refractivity contribution in [3.63, 3.8) is 0 Å². The van der Waals surface area contributed by atoms with Crippen molar-refractivity contribution >= 4 is 28.9 Å². The maximum absolute atomic E-state index is 6.02. The van der Waals surface area contributed by atoms with Gasteiger partial charge >= 0.3 is 0 Å². The van der Waals surface area contributed by atoms with Gasteiger partial charge in [0.25, 0.3) is 0 Å². The number of aromatic nitrogens is 2. The quantitative estimate of drug-likeness (QED) is 0.738. The maximum Gasteiger partial charge on any atom is 0.152 e. The highest BCUT2D eigenvalue weighted by Gasteiger charge is 2.25. The molecule has 0 aliphatic carbocycles. The van der Waals surface area contributed by atoms with Crippen LogP contribution in [0.2, 0.25) is 0 Å². The number of nitrogen functional groups attached to an aromatic ring is 1. The molecule has 0 aromatic heterocycles. The Morgan fingerprint density at radius 3 is 2.87 bits per heavy atom. The molecular weight excluding hydrogens is 324 g/mol. The minimum atomic E-state index is 0.565. The van der Waals surface area contributed by atoms with Crippen molar-refractivity contribution in [1.82, 2.24) is 14.9 Å². The van der Waals surface area contributed by atoms with Gasteiger partial charge in [0.15, 0.2) is 5.82 Å². The minimum Gasteiger partial charge on any atom is -0.382 e. The van der Waals surface area contributed by atoms with Crippen LogP contribution in [-0.2, 0) is 19.5 Å². The zero-order valence-corrected chi connectivity index (χ0v) is 14.6. The number of fused-ring (bicyclic) bond motifs is 2. The lowest BCUT2D eigenvalue weighted by Gasteiger charge is -2.28. The van der Waals surface area contributed by atoms with Gasteiger partial charge in [-0.15, -0.1) is 23.1 Å². The fourth-order valence-corrected chi connectivity index (χ4v) is 4.98. The molecule has 23 heavy (non-hydrogen) atoms. The largest absolute Gasteiger partial charge is 0.382 e. The predicted molar refractivity (Wildman–Crippen MR) is 97.0 cm³/mol. The molecule has 0 saturated carbocycles. The van der Waals surface area contributed by atoms with Crippen LogP contribution in [0.3, 0.4) is 0 Å². The van der Waals surface area contributed by atoms with E-state index in [0.717, 1.165) is 41.7 Å². The number of benzene rings is 1. The van der Waals surface area contributed by atoms with Gasteiger partial charge in [0, 0.05) is 30.9 Å². The number of hydrogen-bond acceptors (Lipinski definition) is 6. The summed E-state index contributed by atoms with van der Waals surface area (Å²) in [4.78, 5) is 14.2. The fourth-order valence-electron chi connectivity index (χ4n) is 2.99. The van der Waals surface area contributed by atoms with E-state index in [1.54, 1.807) is 11.8 Å². The van der Waals surface area contributed by atoms with Gasteiger partial charge in [-0.05, 0) is 11.8 Å². The Labute approximate surface area is 144 Å². The normalized spacial score (nSPS) is 15.0. The van der Waals surface area contributed by atoms with E-state index in [9.17, 15) is 0 Å². The number of nitrogens with zero attached hydrogens (tertiary/aromatic N) is 3. The first-order chi connectivity index (χ1) is 11.2. The predicted octanol–water partition coefficient (Wildman–Crippen LogP) is 3.51. The molecule has 1 aromatic rings. The van der Waals surface area contributed by atoms with Crippen LogP contribution >= 0.6 is 23.1 Å². The van der Waals surface area contributed by atoms with Gasteiger partial charge in [-0.3, -0.25) is 4.90 Å². The van der Waals surface area contributed by atoms with Gasteiger partial charge in [0.2, 0.25) is 0 Å². The van der Waals surface area contributed by atoms with Crippen molar-refractivity contribution in [2.45, 2.75) is 24.5 Å². The lowest BCUT2D eigenvalue weighted by Crippen LogP contribution is -2.30. The van der Waals surface area contributed by atoms with E-state index in [2.05, 4.69) is 40.2 Å². The summed E-state index contributed by atoms with van der Waals surface area (Å²) in [6.07, 6.45) is 3.02. The van der Waals surface area contributed by atoms with E-state index >= 15 is 0 Å². The van der Waals surface area contributed by atoms with Gasteiger partial charge in [-0.25, -0.2) is 9.97 Å². The van der Waals surface area contributed by atoms with Crippen molar-refractivity contribution in [1.29, 1.82) is 0 Å². The van der Waals surface area contributed by atoms with E-state index in [-0.39, 0.29) is 0 Å². The molecule has 3 aliphatic rings. The van der Waals surface area contributed by atoms with Crippen molar-refractivity contribution in [3.8, 4) is 10.6 Å². The minimum absolute atomic E-state index is 0.565. The highest BCUT2D eigenvalue weighted by Crippen LogP contribution is 2.41. The molecule has 3 heterocycles. The zero-order chi connectivity index (χ0) is 15.8. The van der Waals surface area contributed by atoms with Crippen molar-refractivity contribution < 1.29 is 0 Å². The van der Waals surface area contributed by atoms with Crippen molar-refractivity contribution in [2.75, 3.05) is 18.5 Å². The van der Waals surface area contributed by atoms with Crippen LogP contribution in [-0.4, -0.2) is 27.7 Å². The highest BCUT2D eigenvalue weighted by molar-refractivity contribution is 7.98. The zero-order valence-electron chi connectivity index (χ0n) is 13.0. The first kappa shape index (κ1) is 14.9. The Hall–Kier alpha value is -1.63. The molecule has 2 N–H and O–H groups in total. The summed E-state index contributed by atoms with van der Waals surface area (Å²) in [5, 5.41) is 0.998. The van der Waals surface area contributed by atoms with Crippen molar-refractivity contribution in [3.05, 3.63) is 46.5 Å². The number of nitrogens with two attached hydrogens (primary N) is 1. The summed E-state index contributed by atoms with van der Waals surface area (Å²) in [6.45, 7) is 2.98. The average Bonchev–Trinajstić information content (AvgIpc) is 2.89.